The van der Waals surface area contributed by atoms with Gasteiger partial charge in [0.05, 0.1) is 13.0 Å². The predicted octanol–water partition coefficient (Wildman–Crippen LogP) is 3.54. The number of rotatable bonds is 7. The van der Waals surface area contributed by atoms with Crippen LogP contribution in [0.3, 0.4) is 0 Å². The molecule has 1 aliphatic heterocycles. The molecular weight excluding hydrogens is 328 g/mol. The molecule has 1 aromatic heterocycles. The number of nitrogens with one attached hydrogen (secondary N) is 1. The summed E-state index contributed by atoms with van der Waals surface area (Å²) in [5, 5.41) is 1.21. The molecule has 1 unspecified atom stereocenters. The average Bonchev–Trinajstić information content (AvgIpc) is 3.06. The minimum atomic E-state index is -0.265. The molecule has 5 heteroatoms. The van der Waals surface area contributed by atoms with Crippen LogP contribution in [0.25, 0.3) is 10.9 Å². The van der Waals surface area contributed by atoms with Crippen LogP contribution in [0.2, 0.25) is 0 Å². The number of ether oxygens (including phenoxy) is 1. The summed E-state index contributed by atoms with van der Waals surface area (Å²) in [5.74, 6) is 0.0487. The molecule has 3 rings (SSSR count). The lowest BCUT2D eigenvalue weighted by atomic mass is 9.85. The van der Waals surface area contributed by atoms with Crippen molar-refractivity contribution < 1.29 is 14.3 Å². The monoisotopic (exact) mass is 356 g/mol. The van der Waals surface area contributed by atoms with Gasteiger partial charge in [-0.3, -0.25) is 9.59 Å². The molecule has 0 spiro atoms. The number of benzene rings is 1. The Morgan fingerprint density at radius 2 is 2.12 bits per heavy atom. The summed E-state index contributed by atoms with van der Waals surface area (Å²) in [4.78, 5) is 30.0. The summed E-state index contributed by atoms with van der Waals surface area (Å²) in [6, 6.07) is 8.22. The molecule has 1 saturated heterocycles. The second-order valence-corrected chi connectivity index (χ2v) is 7.11. The van der Waals surface area contributed by atoms with Crippen molar-refractivity contribution in [3.63, 3.8) is 0 Å². The quantitative estimate of drug-likeness (QED) is 0.772. The van der Waals surface area contributed by atoms with Gasteiger partial charge in [-0.05, 0) is 37.3 Å². The van der Waals surface area contributed by atoms with E-state index in [1.54, 1.807) is 6.92 Å². The van der Waals surface area contributed by atoms with Gasteiger partial charge in [0.25, 0.3) is 0 Å². The zero-order valence-electron chi connectivity index (χ0n) is 15.7. The van der Waals surface area contributed by atoms with Crippen LogP contribution in [0, 0.1) is 11.8 Å². The number of carbonyl (C=O) groups is 2. The number of nitrogens with zero attached hydrogens (tertiary/aromatic N) is 1. The number of fused-ring (bicyclic) bond motifs is 1. The highest BCUT2D eigenvalue weighted by Crippen LogP contribution is 2.28. The Bertz CT molecular complexity index is 767. The summed E-state index contributed by atoms with van der Waals surface area (Å²) in [6.45, 7) is 5.79. The third-order valence-electron chi connectivity index (χ3n) is 5.38. The topological polar surface area (TPSA) is 62.4 Å². The number of piperidine rings is 1. The van der Waals surface area contributed by atoms with Crippen LogP contribution in [0.15, 0.2) is 30.5 Å². The van der Waals surface area contributed by atoms with E-state index in [1.165, 1.54) is 10.9 Å². The van der Waals surface area contributed by atoms with E-state index in [-0.39, 0.29) is 24.2 Å². The van der Waals surface area contributed by atoms with Crippen LogP contribution in [-0.4, -0.2) is 41.5 Å². The third-order valence-corrected chi connectivity index (χ3v) is 5.38. The fourth-order valence-electron chi connectivity index (χ4n) is 3.92. The van der Waals surface area contributed by atoms with Gasteiger partial charge >= 0.3 is 5.97 Å². The normalized spacial score (nSPS) is 20.5. The molecule has 140 valence electrons. The smallest absolute Gasteiger partial charge is 0.306 e. The van der Waals surface area contributed by atoms with Crippen molar-refractivity contribution in [2.24, 2.45) is 11.8 Å². The molecule has 2 atom stereocenters. The first-order chi connectivity index (χ1) is 12.6. The van der Waals surface area contributed by atoms with Crippen LogP contribution in [0.4, 0.5) is 0 Å². The van der Waals surface area contributed by atoms with Gasteiger partial charge < -0.3 is 14.6 Å². The van der Waals surface area contributed by atoms with E-state index in [9.17, 15) is 9.59 Å². The van der Waals surface area contributed by atoms with Crippen molar-refractivity contribution in [3.05, 3.63) is 36.0 Å². The minimum Gasteiger partial charge on any atom is -0.466 e. The molecule has 0 saturated carbocycles. The SMILES string of the molecule is CCOC(=O)CC1C[C@@H](CC)CN(CCc2c[nH]c3ccccc23)C1=O. The minimum absolute atomic E-state index is 0.0996. The maximum Gasteiger partial charge on any atom is 0.306 e. The molecule has 1 aliphatic rings. The van der Waals surface area contributed by atoms with Crippen LogP contribution >= 0.6 is 0 Å². The Labute approximate surface area is 154 Å². The summed E-state index contributed by atoms with van der Waals surface area (Å²) in [6.07, 6.45) is 4.87. The van der Waals surface area contributed by atoms with Crippen LogP contribution in [0.5, 0.6) is 0 Å². The molecule has 0 radical (unpaired) electrons. The van der Waals surface area contributed by atoms with Crippen molar-refractivity contribution in [1.29, 1.82) is 0 Å². The molecule has 1 amide bonds. The molecule has 0 bridgehead atoms. The second kappa shape index (κ2) is 8.39. The lowest BCUT2D eigenvalue weighted by Crippen LogP contribution is -2.46. The molecular formula is C21H28N2O3. The van der Waals surface area contributed by atoms with E-state index >= 15 is 0 Å². The number of hydrogen-bond donors (Lipinski definition) is 1. The number of para-hydroxylation sites is 1. The van der Waals surface area contributed by atoms with Crippen molar-refractivity contribution in [1.82, 2.24) is 9.88 Å². The Balaban J connectivity index is 1.67. The average molecular weight is 356 g/mol. The van der Waals surface area contributed by atoms with Crippen LogP contribution in [-0.2, 0) is 20.7 Å². The molecule has 2 heterocycles. The first-order valence-electron chi connectivity index (χ1n) is 9.61. The Kier molecular flexibility index (Phi) is 5.96. The van der Waals surface area contributed by atoms with Gasteiger partial charge in [0.15, 0.2) is 0 Å². The number of esters is 1. The van der Waals surface area contributed by atoms with Gasteiger partial charge in [0.2, 0.25) is 5.91 Å². The second-order valence-electron chi connectivity index (χ2n) is 7.11. The number of likely N-dealkylation sites (tertiary alicyclic amines) is 1. The van der Waals surface area contributed by atoms with Gasteiger partial charge in [-0.2, -0.15) is 0 Å². The van der Waals surface area contributed by atoms with E-state index < -0.39 is 0 Å². The Morgan fingerprint density at radius 1 is 1.31 bits per heavy atom. The molecule has 1 aromatic carbocycles. The highest BCUT2D eigenvalue weighted by atomic mass is 16.5. The van der Waals surface area contributed by atoms with E-state index in [2.05, 4.69) is 24.0 Å². The third kappa shape index (κ3) is 4.09. The molecule has 26 heavy (non-hydrogen) atoms. The van der Waals surface area contributed by atoms with E-state index in [0.29, 0.717) is 19.1 Å². The summed E-state index contributed by atoms with van der Waals surface area (Å²) in [7, 11) is 0. The number of amides is 1. The summed E-state index contributed by atoms with van der Waals surface area (Å²) < 4.78 is 5.05. The lowest BCUT2D eigenvalue weighted by Gasteiger charge is -2.37. The number of hydrogen-bond acceptors (Lipinski definition) is 3. The standard InChI is InChI=1S/C21H28N2O3/c1-3-15-11-17(12-20(24)26-4-2)21(25)23(14-15)10-9-16-13-22-19-8-6-5-7-18(16)19/h5-8,13,15,17,22H,3-4,9-12,14H2,1-2H3/t15-,17?/m1/s1. The highest BCUT2D eigenvalue weighted by molar-refractivity contribution is 5.85. The first-order valence-corrected chi connectivity index (χ1v) is 9.61. The fourth-order valence-corrected chi connectivity index (χ4v) is 3.92. The van der Waals surface area contributed by atoms with Gasteiger partial charge in [-0.15, -0.1) is 0 Å². The van der Waals surface area contributed by atoms with E-state index in [1.807, 2.05) is 23.2 Å². The molecule has 2 aromatic rings. The molecule has 1 fully saturated rings. The van der Waals surface area contributed by atoms with Crippen molar-refractivity contribution in [2.75, 3.05) is 19.7 Å². The van der Waals surface area contributed by atoms with Gasteiger partial charge in [-0.1, -0.05) is 31.5 Å². The zero-order chi connectivity index (χ0) is 18.5. The molecule has 1 N–H and O–H groups in total. The van der Waals surface area contributed by atoms with Gasteiger partial charge in [-0.25, -0.2) is 0 Å². The maximum absolute atomic E-state index is 12.9. The number of carbonyl (C=O) groups excluding carboxylic acids is 2. The number of aromatic amines is 1. The Hall–Kier alpha value is -2.30. The van der Waals surface area contributed by atoms with Gasteiger partial charge in [0.1, 0.15) is 0 Å². The molecule has 0 aliphatic carbocycles. The van der Waals surface area contributed by atoms with Gasteiger partial charge in [0, 0.05) is 36.1 Å². The predicted molar refractivity (Wildman–Crippen MR) is 102 cm³/mol. The zero-order valence-corrected chi connectivity index (χ0v) is 15.7. The Morgan fingerprint density at radius 3 is 2.88 bits per heavy atom. The van der Waals surface area contributed by atoms with E-state index in [0.717, 1.165) is 31.3 Å². The van der Waals surface area contributed by atoms with Crippen LogP contribution < -0.4 is 0 Å². The number of H-pyrrole nitrogens is 1. The fraction of sp³-hybridized carbons (Fsp3) is 0.524. The van der Waals surface area contributed by atoms with Crippen molar-refractivity contribution in [2.45, 2.75) is 39.5 Å². The van der Waals surface area contributed by atoms with Crippen molar-refractivity contribution >= 4 is 22.8 Å². The maximum atomic E-state index is 12.9. The summed E-state index contributed by atoms with van der Waals surface area (Å²) in [5.41, 5.74) is 2.35. The summed E-state index contributed by atoms with van der Waals surface area (Å²) >= 11 is 0. The highest BCUT2D eigenvalue weighted by Gasteiger charge is 2.34. The molecule has 5 nitrogen and oxygen atoms in total. The largest absolute Gasteiger partial charge is 0.466 e. The number of aromatic nitrogens is 1. The van der Waals surface area contributed by atoms with E-state index in [4.69, 9.17) is 4.74 Å². The van der Waals surface area contributed by atoms with Crippen LogP contribution in [0.1, 0.15) is 38.7 Å². The van der Waals surface area contributed by atoms with Crippen molar-refractivity contribution in [3.8, 4) is 0 Å². The first kappa shape index (κ1) is 18.5. The lowest BCUT2D eigenvalue weighted by molar-refractivity contribution is -0.151.